The van der Waals surface area contributed by atoms with E-state index < -0.39 is 0 Å². The molecule has 1 aromatic rings. The van der Waals surface area contributed by atoms with Gasteiger partial charge in [-0.3, -0.25) is 0 Å². The summed E-state index contributed by atoms with van der Waals surface area (Å²) in [6.07, 6.45) is 2.75. The molecule has 2 heteroatoms. The Bertz CT molecular complexity index is 193. The Hall–Kier alpha value is -0.760. The van der Waals surface area contributed by atoms with Gasteiger partial charge >= 0.3 is 0 Å². The Kier molecular flexibility index (Phi) is 2.71. The SMILES string of the molecule is CCC(C)[C@H](N)c1ccco1. The highest BCUT2D eigenvalue weighted by Crippen LogP contribution is 2.21. The molecule has 1 rings (SSSR count). The lowest BCUT2D eigenvalue weighted by Gasteiger charge is -2.14. The van der Waals surface area contributed by atoms with Gasteiger partial charge < -0.3 is 10.2 Å². The first-order valence-electron chi connectivity index (χ1n) is 4.04. The minimum atomic E-state index is 0.0509. The molecule has 1 heterocycles. The van der Waals surface area contributed by atoms with Crippen LogP contribution in [0.4, 0.5) is 0 Å². The zero-order valence-electron chi connectivity index (χ0n) is 7.08. The lowest BCUT2D eigenvalue weighted by Crippen LogP contribution is -2.17. The van der Waals surface area contributed by atoms with Crippen LogP contribution in [0.2, 0.25) is 0 Å². The summed E-state index contributed by atoms with van der Waals surface area (Å²) in [5.41, 5.74) is 5.90. The van der Waals surface area contributed by atoms with Crippen LogP contribution in [0.5, 0.6) is 0 Å². The first kappa shape index (κ1) is 8.34. The summed E-state index contributed by atoms with van der Waals surface area (Å²) in [6.45, 7) is 4.26. The maximum Gasteiger partial charge on any atom is 0.120 e. The average molecular weight is 153 g/mol. The van der Waals surface area contributed by atoms with Gasteiger partial charge in [-0.1, -0.05) is 20.3 Å². The third kappa shape index (κ3) is 1.84. The van der Waals surface area contributed by atoms with Gasteiger partial charge in [-0.05, 0) is 18.1 Å². The minimum Gasteiger partial charge on any atom is -0.468 e. The standard InChI is InChI=1S/C9H15NO/c1-3-7(2)9(10)8-5-4-6-11-8/h4-7,9H,3,10H2,1-2H3/t7?,9-/m0/s1. The van der Waals surface area contributed by atoms with E-state index in [4.69, 9.17) is 10.2 Å². The van der Waals surface area contributed by atoms with E-state index in [1.54, 1.807) is 6.26 Å². The third-order valence-corrected chi connectivity index (χ3v) is 2.13. The van der Waals surface area contributed by atoms with E-state index >= 15 is 0 Å². The Morgan fingerprint density at radius 2 is 2.36 bits per heavy atom. The van der Waals surface area contributed by atoms with Crippen molar-refractivity contribution < 1.29 is 4.42 Å². The van der Waals surface area contributed by atoms with E-state index in [-0.39, 0.29) is 6.04 Å². The van der Waals surface area contributed by atoms with Gasteiger partial charge in [0.25, 0.3) is 0 Å². The number of hydrogen-bond acceptors (Lipinski definition) is 2. The van der Waals surface area contributed by atoms with E-state index in [1.165, 1.54) is 0 Å². The van der Waals surface area contributed by atoms with Gasteiger partial charge in [-0.15, -0.1) is 0 Å². The second-order valence-corrected chi connectivity index (χ2v) is 2.93. The lowest BCUT2D eigenvalue weighted by molar-refractivity contribution is 0.376. The van der Waals surface area contributed by atoms with Crippen LogP contribution in [0.15, 0.2) is 22.8 Å². The number of nitrogens with two attached hydrogens (primary N) is 1. The van der Waals surface area contributed by atoms with Crippen molar-refractivity contribution in [2.45, 2.75) is 26.3 Å². The third-order valence-electron chi connectivity index (χ3n) is 2.13. The molecule has 0 aliphatic rings. The quantitative estimate of drug-likeness (QED) is 0.723. The Labute approximate surface area is 67.4 Å². The molecular formula is C9H15NO. The van der Waals surface area contributed by atoms with E-state index in [1.807, 2.05) is 12.1 Å². The highest BCUT2D eigenvalue weighted by Gasteiger charge is 2.14. The zero-order chi connectivity index (χ0) is 8.27. The highest BCUT2D eigenvalue weighted by atomic mass is 16.3. The molecule has 2 nitrogen and oxygen atoms in total. The van der Waals surface area contributed by atoms with Crippen LogP contribution >= 0.6 is 0 Å². The monoisotopic (exact) mass is 153 g/mol. The minimum absolute atomic E-state index is 0.0509. The molecule has 1 unspecified atom stereocenters. The molecule has 0 fully saturated rings. The van der Waals surface area contributed by atoms with Crippen molar-refractivity contribution in [2.24, 2.45) is 11.7 Å². The van der Waals surface area contributed by atoms with Gasteiger partial charge in [-0.25, -0.2) is 0 Å². The highest BCUT2D eigenvalue weighted by molar-refractivity contribution is 5.04. The van der Waals surface area contributed by atoms with E-state index in [2.05, 4.69) is 13.8 Å². The molecule has 0 radical (unpaired) electrons. The van der Waals surface area contributed by atoms with Crippen molar-refractivity contribution in [1.82, 2.24) is 0 Å². The lowest BCUT2D eigenvalue weighted by atomic mass is 9.98. The number of rotatable bonds is 3. The fourth-order valence-corrected chi connectivity index (χ4v) is 1.02. The Morgan fingerprint density at radius 1 is 1.64 bits per heavy atom. The van der Waals surface area contributed by atoms with Crippen molar-refractivity contribution >= 4 is 0 Å². The largest absolute Gasteiger partial charge is 0.468 e. The van der Waals surface area contributed by atoms with Crippen molar-refractivity contribution in [3.05, 3.63) is 24.2 Å². The smallest absolute Gasteiger partial charge is 0.120 e. The van der Waals surface area contributed by atoms with Crippen LogP contribution in [-0.2, 0) is 0 Å². The second kappa shape index (κ2) is 3.58. The van der Waals surface area contributed by atoms with Crippen LogP contribution in [0.3, 0.4) is 0 Å². The van der Waals surface area contributed by atoms with E-state index in [0.717, 1.165) is 12.2 Å². The molecular weight excluding hydrogens is 138 g/mol. The van der Waals surface area contributed by atoms with Gasteiger partial charge in [-0.2, -0.15) is 0 Å². The summed E-state index contributed by atoms with van der Waals surface area (Å²) in [4.78, 5) is 0. The molecule has 0 amide bonds. The summed E-state index contributed by atoms with van der Waals surface area (Å²) >= 11 is 0. The first-order valence-corrected chi connectivity index (χ1v) is 4.04. The Balaban J connectivity index is 2.62. The van der Waals surface area contributed by atoms with Crippen LogP contribution < -0.4 is 5.73 Å². The van der Waals surface area contributed by atoms with Gasteiger partial charge in [0, 0.05) is 0 Å². The summed E-state index contributed by atoms with van der Waals surface area (Å²) in [7, 11) is 0. The average Bonchev–Trinajstić information content (AvgIpc) is 2.53. The molecule has 0 aliphatic carbocycles. The van der Waals surface area contributed by atoms with Crippen LogP contribution in [0.25, 0.3) is 0 Å². The topological polar surface area (TPSA) is 39.2 Å². The maximum atomic E-state index is 5.90. The molecule has 0 bridgehead atoms. The molecule has 62 valence electrons. The molecule has 0 saturated carbocycles. The zero-order valence-corrected chi connectivity index (χ0v) is 7.08. The van der Waals surface area contributed by atoms with Crippen molar-refractivity contribution in [1.29, 1.82) is 0 Å². The first-order chi connectivity index (χ1) is 5.25. The van der Waals surface area contributed by atoms with E-state index in [9.17, 15) is 0 Å². The van der Waals surface area contributed by atoms with Crippen LogP contribution in [0, 0.1) is 5.92 Å². The van der Waals surface area contributed by atoms with E-state index in [0.29, 0.717) is 5.92 Å². The maximum absolute atomic E-state index is 5.90. The van der Waals surface area contributed by atoms with Crippen LogP contribution in [0.1, 0.15) is 32.1 Å². The van der Waals surface area contributed by atoms with Gasteiger partial charge in [0.2, 0.25) is 0 Å². The van der Waals surface area contributed by atoms with Gasteiger partial charge in [0.05, 0.1) is 12.3 Å². The van der Waals surface area contributed by atoms with Gasteiger partial charge in [0.15, 0.2) is 0 Å². The molecule has 0 saturated heterocycles. The predicted molar refractivity (Wildman–Crippen MR) is 45.1 cm³/mol. The number of furan rings is 1. The molecule has 2 atom stereocenters. The van der Waals surface area contributed by atoms with Crippen molar-refractivity contribution in [2.75, 3.05) is 0 Å². The fourth-order valence-electron chi connectivity index (χ4n) is 1.02. The molecule has 0 aromatic carbocycles. The molecule has 1 aromatic heterocycles. The Morgan fingerprint density at radius 3 is 2.82 bits per heavy atom. The van der Waals surface area contributed by atoms with Gasteiger partial charge in [0.1, 0.15) is 5.76 Å². The van der Waals surface area contributed by atoms with Crippen molar-refractivity contribution in [3.8, 4) is 0 Å². The predicted octanol–water partition coefficient (Wildman–Crippen LogP) is 2.33. The van der Waals surface area contributed by atoms with Crippen molar-refractivity contribution in [3.63, 3.8) is 0 Å². The summed E-state index contributed by atoms with van der Waals surface area (Å²) in [5.74, 6) is 1.38. The van der Waals surface area contributed by atoms with Crippen LogP contribution in [-0.4, -0.2) is 0 Å². The molecule has 11 heavy (non-hydrogen) atoms. The molecule has 0 aliphatic heterocycles. The summed E-state index contributed by atoms with van der Waals surface area (Å²) < 4.78 is 5.19. The fraction of sp³-hybridized carbons (Fsp3) is 0.556. The normalized spacial score (nSPS) is 16.3. The summed E-state index contributed by atoms with van der Waals surface area (Å²) in [6, 6.07) is 3.85. The summed E-state index contributed by atoms with van der Waals surface area (Å²) in [5, 5.41) is 0. The molecule has 0 spiro atoms. The number of hydrogen-bond donors (Lipinski definition) is 1. The molecule has 2 N–H and O–H groups in total. The second-order valence-electron chi connectivity index (χ2n) is 2.93.